The third kappa shape index (κ3) is 7.41. The number of hydrogen-bond donors (Lipinski definition) is 6. The van der Waals surface area contributed by atoms with Crippen LogP contribution in [0.15, 0.2) is 64.4 Å². The summed E-state index contributed by atoms with van der Waals surface area (Å²) in [7, 11) is 0. The van der Waals surface area contributed by atoms with Crippen LogP contribution in [0, 0.1) is 0 Å². The van der Waals surface area contributed by atoms with Crippen molar-refractivity contribution < 1.29 is 30.0 Å². The van der Waals surface area contributed by atoms with Crippen LogP contribution in [-0.4, -0.2) is 62.8 Å². The lowest BCUT2D eigenvalue weighted by atomic mass is 9.71. The fourth-order valence-electron chi connectivity index (χ4n) is 6.91. The number of aliphatic hydroxyl groups is 2. The average Bonchev–Trinajstić information content (AvgIpc) is 3.73. The van der Waals surface area contributed by atoms with E-state index in [4.69, 9.17) is 21.2 Å². The van der Waals surface area contributed by atoms with Crippen molar-refractivity contribution in [2.45, 2.75) is 94.9 Å². The number of aliphatic hydroxyl groups excluding tert-OH is 2. The molecule has 0 saturated heterocycles. The lowest BCUT2D eigenvalue weighted by Crippen LogP contribution is -2.29. The van der Waals surface area contributed by atoms with E-state index in [0.29, 0.717) is 18.5 Å². The molecule has 8 N–H and O–H groups in total. The van der Waals surface area contributed by atoms with Gasteiger partial charge >= 0.3 is 0 Å². The third-order valence-corrected chi connectivity index (χ3v) is 9.28. The normalized spacial score (nSPS) is 18.4. The maximum atomic E-state index is 12.5. The molecule has 2 aromatic rings. The van der Waals surface area contributed by atoms with Crippen LogP contribution in [0.4, 0.5) is 0 Å². The van der Waals surface area contributed by atoms with Gasteiger partial charge in [0.05, 0.1) is 24.1 Å². The molecule has 3 aliphatic rings. The zero-order valence-electron chi connectivity index (χ0n) is 26.0. The molecule has 2 atom stereocenters. The zero-order valence-corrected chi connectivity index (χ0v) is 26.0. The van der Waals surface area contributed by atoms with E-state index in [2.05, 4.69) is 12.1 Å². The number of benzene rings is 2. The Hall–Kier alpha value is -3.70. The van der Waals surface area contributed by atoms with E-state index in [1.165, 1.54) is 22.8 Å². The van der Waals surface area contributed by atoms with Crippen LogP contribution in [0.5, 0.6) is 17.2 Å². The molecule has 0 spiro atoms. The minimum atomic E-state index is -0.904. The highest BCUT2D eigenvalue weighted by Gasteiger charge is 2.43. The van der Waals surface area contributed by atoms with Crippen molar-refractivity contribution in [1.82, 2.24) is 4.90 Å². The van der Waals surface area contributed by atoms with Crippen LogP contribution in [-0.2, 0) is 16.6 Å². The molecule has 2 heterocycles. The number of phenolic OH excluding ortho intramolecular Hbond substituents is 2. The molecule has 0 bridgehead atoms. The van der Waals surface area contributed by atoms with Gasteiger partial charge in [0, 0.05) is 48.9 Å². The van der Waals surface area contributed by atoms with Gasteiger partial charge in [-0.1, -0.05) is 50.5 Å². The number of carbonyl (C=O) groups excluding carboxylic acids is 1. The van der Waals surface area contributed by atoms with E-state index in [1.807, 2.05) is 36.4 Å². The molecule has 10 heteroatoms. The summed E-state index contributed by atoms with van der Waals surface area (Å²) < 4.78 is 6.00. The number of ketones is 1. The Labute approximate surface area is 264 Å². The molecule has 2 aliphatic heterocycles. The van der Waals surface area contributed by atoms with E-state index in [0.717, 1.165) is 43.4 Å². The van der Waals surface area contributed by atoms with E-state index in [9.17, 15) is 25.2 Å². The van der Waals surface area contributed by atoms with Crippen molar-refractivity contribution in [2.24, 2.45) is 16.5 Å². The smallest absolute Gasteiger partial charge is 0.164 e. The van der Waals surface area contributed by atoms with E-state index >= 15 is 0 Å². The molecule has 5 rings (SSSR count). The minimum Gasteiger partial charge on any atom is -0.508 e. The lowest BCUT2D eigenvalue weighted by Gasteiger charge is -2.32. The molecule has 1 aliphatic carbocycles. The second kappa shape index (κ2) is 14.2. The monoisotopic (exact) mass is 618 g/mol. The number of hydrogen-bond acceptors (Lipinski definition) is 10. The number of aryl methyl sites for hydroxylation is 1. The highest BCUT2D eigenvalue weighted by Crippen LogP contribution is 2.50. The second-order valence-corrected chi connectivity index (χ2v) is 12.6. The van der Waals surface area contributed by atoms with Crippen LogP contribution >= 0.6 is 0 Å². The molecule has 0 radical (unpaired) electrons. The molecule has 2 aromatic carbocycles. The van der Waals surface area contributed by atoms with Gasteiger partial charge in [-0.05, 0) is 60.4 Å². The van der Waals surface area contributed by atoms with Gasteiger partial charge in [-0.3, -0.25) is 9.79 Å². The van der Waals surface area contributed by atoms with Crippen molar-refractivity contribution in [3.8, 4) is 17.2 Å². The molecular formula is C35H46N4O6. The quantitative estimate of drug-likeness (QED) is 0.160. The Morgan fingerprint density at radius 2 is 1.87 bits per heavy atom. The van der Waals surface area contributed by atoms with Crippen LogP contribution < -0.4 is 16.2 Å². The minimum absolute atomic E-state index is 0.0554. The number of Topliss-reactive ketones (excluding diaryl/α,β-unsaturated/α-hetero) is 1. The second-order valence-electron chi connectivity index (χ2n) is 12.6. The van der Waals surface area contributed by atoms with Gasteiger partial charge in [-0.25, -0.2) is 0 Å². The van der Waals surface area contributed by atoms with Gasteiger partial charge in [0.25, 0.3) is 0 Å². The summed E-state index contributed by atoms with van der Waals surface area (Å²) in [6.45, 7) is 2.72. The Bertz CT molecular complexity index is 1480. The summed E-state index contributed by atoms with van der Waals surface area (Å²) >= 11 is 0. The number of nitrogens with zero attached hydrogens (tertiary/aromatic N) is 2. The van der Waals surface area contributed by atoms with Crippen LogP contribution in [0.25, 0.3) is 0 Å². The number of allylic oxidation sites excluding steroid dienone is 1. The average molecular weight is 619 g/mol. The highest BCUT2D eigenvalue weighted by molar-refractivity contribution is 5.90. The summed E-state index contributed by atoms with van der Waals surface area (Å²) in [5.74, 6) is -0.294. The Kier molecular flexibility index (Phi) is 10.3. The number of fused-ring (bicyclic) bond motifs is 1. The van der Waals surface area contributed by atoms with E-state index in [1.54, 1.807) is 6.07 Å². The van der Waals surface area contributed by atoms with Gasteiger partial charge in [-0.15, -0.1) is 0 Å². The summed E-state index contributed by atoms with van der Waals surface area (Å²) in [6.07, 6.45) is 8.03. The molecule has 0 aromatic heterocycles. The van der Waals surface area contributed by atoms with Crippen molar-refractivity contribution in [2.75, 3.05) is 13.3 Å². The largest absolute Gasteiger partial charge is 0.508 e. The fraction of sp³-hybridized carbons (Fsp3) is 0.486. The SMILES string of the molecule is CCCC(O)CC(O)CC(=O)CCc1cc(OCN2C=C3N=CC(C4(c5cccc(C(N)N)c5)CCCC4)=C3C2)c(O)cc1O. The van der Waals surface area contributed by atoms with Crippen LogP contribution in [0.3, 0.4) is 0 Å². The molecule has 2 unspecified atom stereocenters. The third-order valence-electron chi connectivity index (χ3n) is 9.28. The molecular weight excluding hydrogens is 572 g/mol. The topological polar surface area (TPSA) is 175 Å². The molecule has 1 saturated carbocycles. The number of ether oxygens (including phenoxy) is 1. The Morgan fingerprint density at radius 3 is 2.60 bits per heavy atom. The van der Waals surface area contributed by atoms with Crippen molar-refractivity contribution in [3.05, 3.63) is 76.1 Å². The van der Waals surface area contributed by atoms with E-state index in [-0.39, 0.29) is 60.9 Å². The van der Waals surface area contributed by atoms with Crippen molar-refractivity contribution in [1.29, 1.82) is 0 Å². The zero-order chi connectivity index (χ0) is 32.1. The lowest BCUT2D eigenvalue weighted by molar-refractivity contribution is -0.121. The number of aliphatic imine (C=N–C) groups is 1. The summed E-state index contributed by atoms with van der Waals surface area (Å²) in [5, 5.41) is 40.9. The van der Waals surface area contributed by atoms with E-state index < -0.39 is 18.4 Å². The first-order valence-electron chi connectivity index (χ1n) is 16.0. The van der Waals surface area contributed by atoms with Crippen molar-refractivity contribution in [3.63, 3.8) is 0 Å². The molecule has 242 valence electrons. The molecule has 10 nitrogen and oxygen atoms in total. The van der Waals surface area contributed by atoms with Gasteiger partial charge in [0.15, 0.2) is 18.2 Å². The van der Waals surface area contributed by atoms with Gasteiger partial charge in [-0.2, -0.15) is 0 Å². The number of phenols is 2. The fourth-order valence-corrected chi connectivity index (χ4v) is 6.91. The van der Waals surface area contributed by atoms with Crippen LogP contribution in [0.1, 0.15) is 87.6 Å². The first kappa shape index (κ1) is 32.7. The predicted octanol–water partition coefficient (Wildman–Crippen LogP) is 4.20. The highest BCUT2D eigenvalue weighted by atomic mass is 16.5. The number of carbonyl (C=O) groups is 1. The summed E-state index contributed by atoms with van der Waals surface area (Å²) in [4.78, 5) is 19.2. The number of rotatable bonds is 15. The standard InChI is InChI=1S/C35H46N4O6/c1-2-6-25(40)15-27(42)16-26(41)10-9-22-14-33(32(44)17-31(22)43)45-21-39-19-28-29(18-38-30(28)20-39)35(11-3-4-12-35)24-8-5-7-23(13-24)34(36)37/h5,7-8,13-14,17-18,20,25,27,34,40,42-44H,2-4,6,9-12,15-16,19,21,36-37H2,1H3. The van der Waals surface area contributed by atoms with Gasteiger partial charge in [0.2, 0.25) is 0 Å². The number of aromatic hydroxyl groups is 2. The molecule has 0 amide bonds. The molecule has 45 heavy (non-hydrogen) atoms. The first-order chi connectivity index (χ1) is 21.6. The van der Waals surface area contributed by atoms with Crippen LogP contribution in [0.2, 0.25) is 0 Å². The summed E-state index contributed by atoms with van der Waals surface area (Å²) in [6, 6.07) is 11.1. The van der Waals surface area contributed by atoms with Crippen molar-refractivity contribution >= 4 is 12.0 Å². The first-order valence-corrected chi connectivity index (χ1v) is 16.0. The Morgan fingerprint density at radius 1 is 1.09 bits per heavy atom. The predicted molar refractivity (Wildman–Crippen MR) is 173 cm³/mol. The maximum absolute atomic E-state index is 12.5. The number of nitrogens with two attached hydrogens (primary N) is 2. The Balaban J connectivity index is 1.23. The maximum Gasteiger partial charge on any atom is 0.164 e. The van der Waals surface area contributed by atoms with Gasteiger partial charge < -0.3 is 41.5 Å². The summed E-state index contributed by atoms with van der Waals surface area (Å²) in [5.41, 5.74) is 17.8. The van der Waals surface area contributed by atoms with Gasteiger partial charge in [0.1, 0.15) is 11.5 Å². The molecule has 1 fully saturated rings.